The summed E-state index contributed by atoms with van der Waals surface area (Å²) in [7, 11) is 0. The summed E-state index contributed by atoms with van der Waals surface area (Å²) in [5, 5.41) is 5.94. The van der Waals surface area contributed by atoms with Crippen LogP contribution in [0.3, 0.4) is 0 Å². The minimum atomic E-state index is -4.43. The number of carbonyl (C=O) groups excluding carboxylic acids is 1. The molecule has 1 heterocycles. The van der Waals surface area contributed by atoms with E-state index in [2.05, 4.69) is 15.5 Å². The average molecular weight is 368 g/mol. The monoisotopic (exact) mass is 367 g/mol. The molecule has 9 heteroatoms. The molecule has 24 heavy (non-hydrogen) atoms. The van der Waals surface area contributed by atoms with Crippen LogP contribution in [0, 0.1) is 0 Å². The van der Waals surface area contributed by atoms with Crippen LogP contribution in [0.5, 0.6) is 5.75 Å². The van der Waals surface area contributed by atoms with Gasteiger partial charge in [0.05, 0.1) is 5.56 Å². The highest BCUT2D eigenvalue weighted by Crippen LogP contribution is 2.31. The van der Waals surface area contributed by atoms with E-state index in [9.17, 15) is 18.0 Å². The minimum Gasteiger partial charge on any atom is -0.484 e. The fourth-order valence-corrected chi connectivity index (χ4v) is 2.25. The Kier molecular flexibility index (Phi) is 8.30. The highest BCUT2D eigenvalue weighted by atomic mass is 35.5. The molecular weight excluding hydrogens is 347 g/mol. The number of hydrogen-bond donors (Lipinski definition) is 2. The summed E-state index contributed by atoms with van der Waals surface area (Å²) in [6.07, 6.45) is -4.43. The van der Waals surface area contributed by atoms with Gasteiger partial charge in [-0.2, -0.15) is 13.2 Å². The van der Waals surface area contributed by atoms with Crippen molar-refractivity contribution in [3.8, 4) is 5.75 Å². The molecule has 0 aliphatic carbocycles. The zero-order valence-electron chi connectivity index (χ0n) is 13.1. The third-order valence-electron chi connectivity index (χ3n) is 3.49. The molecule has 1 amide bonds. The van der Waals surface area contributed by atoms with Crippen LogP contribution in [0.2, 0.25) is 0 Å². The second kappa shape index (κ2) is 9.71. The van der Waals surface area contributed by atoms with Crippen molar-refractivity contribution < 1.29 is 22.7 Å². The predicted octanol–water partition coefficient (Wildman–Crippen LogP) is 1.53. The van der Waals surface area contributed by atoms with E-state index in [0.717, 1.165) is 44.9 Å². The third kappa shape index (κ3) is 6.94. The van der Waals surface area contributed by atoms with Crippen molar-refractivity contribution in [2.45, 2.75) is 6.18 Å². The van der Waals surface area contributed by atoms with Gasteiger partial charge in [0, 0.05) is 39.3 Å². The first kappa shape index (κ1) is 20.5. The summed E-state index contributed by atoms with van der Waals surface area (Å²) in [6, 6.07) is 4.48. The minimum absolute atomic E-state index is 0. The number of nitrogens with zero attached hydrogens (tertiary/aromatic N) is 1. The number of amides is 1. The maximum atomic E-state index is 12.6. The lowest BCUT2D eigenvalue weighted by Crippen LogP contribution is -2.46. The van der Waals surface area contributed by atoms with Crippen molar-refractivity contribution >= 4 is 18.3 Å². The second-order valence-electron chi connectivity index (χ2n) is 5.26. The van der Waals surface area contributed by atoms with Gasteiger partial charge in [-0.15, -0.1) is 12.4 Å². The van der Waals surface area contributed by atoms with Crippen LogP contribution in [0.1, 0.15) is 5.56 Å². The van der Waals surface area contributed by atoms with E-state index in [4.69, 9.17) is 4.74 Å². The molecule has 0 radical (unpaired) electrons. The Labute approximate surface area is 144 Å². The van der Waals surface area contributed by atoms with Gasteiger partial charge < -0.3 is 15.4 Å². The summed E-state index contributed by atoms with van der Waals surface area (Å²) >= 11 is 0. The van der Waals surface area contributed by atoms with E-state index < -0.39 is 11.7 Å². The molecule has 0 aromatic heterocycles. The Bertz CT molecular complexity index is 523. The van der Waals surface area contributed by atoms with E-state index in [1.807, 2.05) is 0 Å². The zero-order chi connectivity index (χ0) is 16.7. The molecule has 2 rings (SSSR count). The normalized spacial score (nSPS) is 15.5. The highest BCUT2D eigenvalue weighted by Gasteiger charge is 2.30. The summed E-state index contributed by atoms with van der Waals surface area (Å²) in [5.74, 6) is -0.324. The Hall–Kier alpha value is -1.51. The quantitative estimate of drug-likeness (QED) is 0.800. The second-order valence-corrected chi connectivity index (χ2v) is 5.26. The molecular formula is C15H21ClF3N3O2. The largest absolute Gasteiger partial charge is 0.484 e. The standard InChI is InChI=1S/C15H20F3N3O2.ClH/c16-15(17,18)12-2-1-3-13(10-12)23-11-14(22)20-6-9-21-7-4-19-5-8-21;/h1-3,10,19H,4-9,11H2,(H,20,22);1H. The van der Waals surface area contributed by atoms with Crippen LogP contribution < -0.4 is 15.4 Å². The van der Waals surface area contributed by atoms with E-state index in [1.54, 1.807) is 0 Å². The van der Waals surface area contributed by atoms with Gasteiger partial charge in [0.25, 0.3) is 5.91 Å². The zero-order valence-corrected chi connectivity index (χ0v) is 13.9. The lowest BCUT2D eigenvalue weighted by Gasteiger charge is -2.27. The van der Waals surface area contributed by atoms with Crippen molar-refractivity contribution in [3.05, 3.63) is 29.8 Å². The maximum absolute atomic E-state index is 12.6. The fourth-order valence-electron chi connectivity index (χ4n) is 2.25. The number of piperazine rings is 1. The Morgan fingerprint density at radius 2 is 2.00 bits per heavy atom. The molecule has 1 aromatic carbocycles. The predicted molar refractivity (Wildman–Crippen MR) is 86.5 cm³/mol. The molecule has 2 N–H and O–H groups in total. The van der Waals surface area contributed by atoms with Gasteiger partial charge in [-0.05, 0) is 18.2 Å². The van der Waals surface area contributed by atoms with Gasteiger partial charge in [-0.1, -0.05) is 6.07 Å². The molecule has 5 nitrogen and oxygen atoms in total. The smallest absolute Gasteiger partial charge is 0.416 e. The van der Waals surface area contributed by atoms with Crippen LogP contribution in [-0.4, -0.2) is 56.7 Å². The topological polar surface area (TPSA) is 53.6 Å². The first-order chi connectivity index (χ1) is 10.9. The van der Waals surface area contributed by atoms with Gasteiger partial charge in [0.2, 0.25) is 0 Å². The molecule has 0 spiro atoms. The molecule has 1 aliphatic heterocycles. The van der Waals surface area contributed by atoms with Gasteiger partial charge in [0.1, 0.15) is 5.75 Å². The van der Waals surface area contributed by atoms with Crippen molar-refractivity contribution in [1.82, 2.24) is 15.5 Å². The molecule has 0 bridgehead atoms. The molecule has 1 aromatic rings. The first-order valence-electron chi connectivity index (χ1n) is 7.45. The molecule has 1 saturated heterocycles. The lowest BCUT2D eigenvalue weighted by molar-refractivity contribution is -0.137. The molecule has 1 fully saturated rings. The van der Waals surface area contributed by atoms with Gasteiger partial charge in [0.15, 0.2) is 6.61 Å². The van der Waals surface area contributed by atoms with Crippen LogP contribution in [0.25, 0.3) is 0 Å². The van der Waals surface area contributed by atoms with Crippen LogP contribution in [0.15, 0.2) is 24.3 Å². The summed E-state index contributed by atoms with van der Waals surface area (Å²) in [4.78, 5) is 13.9. The van der Waals surface area contributed by atoms with Crippen molar-refractivity contribution in [2.75, 3.05) is 45.9 Å². The number of ether oxygens (including phenoxy) is 1. The lowest BCUT2D eigenvalue weighted by atomic mass is 10.2. The third-order valence-corrected chi connectivity index (χ3v) is 3.49. The molecule has 0 saturated carbocycles. The van der Waals surface area contributed by atoms with E-state index >= 15 is 0 Å². The summed E-state index contributed by atoms with van der Waals surface area (Å²) < 4.78 is 42.8. The van der Waals surface area contributed by atoms with Crippen LogP contribution in [0.4, 0.5) is 13.2 Å². The number of nitrogens with one attached hydrogen (secondary N) is 2. The van der Waals surface area contributed by atoms with Crippen LogP contribution in [-0.2, 0) is 11.0 Å². The number of rotatable bonds is 6. The fraction of sp³-hybridized carbons (Fsp3) is 0.533. The summed E-state index contributed by atoms with van der Waals surface area (Å²) in [5.41, 5.74) is -0.797. The first-order valence-corrected chi connectivity index (χ1v) is 7.45. The molecule has 136 valence electrons. The molecule has 0 unspecified atom stereocenters. The average Bonchev–Trinajstić information content (AvgIpc) is 2.53. The van der Waals surface area contributed by atoms with E-state index in [1.165, 1.54) is 12.1 Å². The molecule has 0 atom stereocenters. The van der Waals surface area contributed by atoms with Crippen LogP contribution >= 0.6 is 12.4 Å². The summed E-state index contributed by atoms with van der Waals surface area (Å²) in [6.45, 7) is 4.69. The van der Waals surface area contributed by atoms with Crippen molar-refractivity contribution in [3.63, 3.8) is 0 Å². The van der Waals surface area contributed by atoms with Gasteiger partial charge in [-0.25, -0.2) is 0 Å². The Balaban J connectivity index is 0.00000288. The van der Waals surface area contributed by atoms with Gasteiger partial charge in [-0.3, -0.25) is 9.69 Å². The van der Waals surface area contributed by atoms with E-state index in [-0.39, 0.29) is 30.7 Å². The Morgan fingerprint density at radius 3 is 2.67 bits per heavy atom. The van der Waals surface area contributed by atoms with Gasteiger partial charge >= 0.3 is 6.18 Å². The number of carbonyl (C=O) groups is 1. The maximum Gasteiger partial charge on any atom is 0.416 e. The number of halogens is 4. The van der Waals surface area contributed by atoms with Crippen molar-refractivity contribution in [1.29, 1.82) is 0 Å². The highest BCUT2D eigenvalue weighted by molar-refractivity contribution is 5.85. The van der Waals surface area contributed by atoms with Crippen molar-refractivity contribution in [2.24, 2.45) is 0 Å². The number of hydrogen-bond acceptors (Lipinski definition) is 4. The van der Waals surface area contributed by atoms with E-state index in [0.29, 0.717) is 6.54 Å². The Morgan fingerprint density at radius 1 is 1.29 bits per heavy atom. The molecule has 1 aliphatic rings. The number of benzene rings is 1. The SMILES string of the molecule is Cl.O=C(COc1cccc(C(F)(F)F)c1)NCCN1CCNCC1. The number of alkyl halides is 3.